The van der Waals surface area contributed by atoms with Gasteiger partial charge in [0.05, 0.1) is 19.2 Å². The number of imidazole rings is 1. The van der Waals surface area contributed by atoms with Crippen LogP contribution in [-0.4, -0.2) is 32.5 Å². The number of aromatic amines is 1. The molecular formula is C13H13N5O3. The number of carbonyl (C=O) groups is 1. The lowest BCUT2D eigenvalue weighted by Gasteiger charge is -2.15. The number of hydrogen-bond donors (Lipinski definition) is 2. The number of ether oxygens (including phenoxy) is 1. The summed E-state index contributed by atoms with van der Waals surface area (Å²) < 4.78 is 10.4. The first-order chi connectivity index (χ1) is 10.3. The summed E-state index contributed by atoms with van der Waals surface area (Å²) in [5.74, 6) is 0.418. The Morgan fingerprint density at radius 2 is 2.38 bits per heavy atom. The van der Waals surface area contributed by atoms with Crippen molar-refractivity contribution in [3.8, 4) is 0 Å². The van der Waals surface area contributed by atoms with Gasteiger partial charge in [0.1, 0.15) is 17.6 Å². The number of H-pyrrole nitrogens is 1. The molecular weight excluding hydrogens is 274 g/mol. The third kappa shape index (κ3) is 2.55. The average Bonchev–Trinajstić information content (AvgIpc) is 3.16. The predicted molar refractivity (Wildman–Crippen MR) is 73.4 cm³/mol. The van der Waals surface area contributed by atoms with Crippen LogP contribution in [0.1, 0.15) is 18.7 Å². The fourth-order valence-corrected chi connectivity index (χ4v) is 1.93. The van der Waals surface area contributed by atoms with Gasteiger partial charge < -0.3 is 19.5 Å². The molecule has 108 valence electrons. The van der Waals surface area contributed by atoms with Crippen LogP contribution in [0.25, 0.3) is 11.2 Å². The number of anilines is 1. The van der Waals surface area contributed by atoms with Gasteiger partial charge in [-0.15, -0.1) is 0 Å². The van der Waals surface area contributed by atoms with Crippen LogP contribution in [0.5, 0.6) is 0 Å². The first-order valence-electron chi connectivity index (χ1n) is 6.40. The van der Waals surface area contributed by atoms with Gasteiger partial charge in [0.15, 0.2) is 17.5 Å². The first-order valence-corrected chi connectivity index (χ1v) is 6.40. The van der Waals surface area contributed by atoms with Gasteiger partial charge in [-0.1, -0.05) is 0 Å². The summed E-state index contributed by atoms with van der Waals surface area (Å²) in [6.45, 7) is 2.02. The van der Waals surface area contributed by atoms with Crippen LogP contribution in [0.15, 0.2) is 35.5 Å². The van der Waals surface area contributed by atoms with Gasteiger partial charge >= 0.3 is 5.97 Å². The van der Waals surface area contributed by atoms with Crippen molar-refractivity contribution in [3.05, 3.63) is 36.8 Å². The van der Waals surface area contributed by atoms with E-state index in [1.165, 1.54) is 18.9 Å². The molecule has 3 rings (SSSR count). The van der Waals surface area contributed by atoms with Gasteiger partial charge in [-0.25, -0.2) is 19.7 Å². The Balaban J connectivity index is 1.94. The topological polar surface area (TPSA) is 106 Å². The Morgan fingerprint density at radius 3 is 3.14 bits per heavy atom. The van der Waals surface area contributed by atoms with Crippen LogP contribution in [-0.2, 0) is 9.53 Å². The second-order valence-corrected chi connectivity index (χ2v) is 4.17. The Labute approximate surface area is 119 Å². The zero-order chi connectivity index (χ0) is 14.7. The molecule has 1 unspecified atom stereocenters. The number of nitrogens with zero attached hydrogens (tertiary/aromatic N) is 3. The molecule has 0 saturated carbocycles. The number of nitrogens with one attached hydrogen (secondary N) is 2. The Morgan fingerprint density at radius 1 is 1.48 bits per heavy atom. The quantitative estimate of drug-likeness (QED) is 0.687. The fourth-order valence-electron chi connectivity index (χ4n) is 1.93. The van der Waals surface area contributed by atoms with E-state index in [2.05, 4.69) is 25.3 Å². The summed E-state index contributed by atoms with van der Waals surface area (Å²) in [6, 6.07) is 2.60. The van der Waals surface area contributed by atoms with Gasteiger partial charge in [0.25, 0.3) is 0 Å². The molecule has 0 aromatic carbocycles. The Hall–Kier alpha value is -2.90. The van der Waals surface area contributed by atoms with E-state index in [1.807, 2.05) is 0 Å². The van der Waals surface area contributed by atoms with Gasteiger partial charge in [0.2, 0.25) is 0 Å². The van der Waals surface area contributed by atoms with E-state index in [0.29, 0.717) is 22.7 Å². The number of rotatable bonds is 5. The van der Waals surface area contributed by atoms with Gasteiger partial charge in [-0.3, -0.25) is 0 Å². The van der Waals surface area contributed by atoms with E-state index < -0.39 is 12.0 Å². The molecule has 0 aliphatic carbocycles. The molecule has 3 aromatic heterocycles. The van der Waals surface area contributed by atoms with Crippen molar-refractivity contribution in [2.75, 3.05) is 11.9 Å². The zero-order valence-corrected chi connectivity index (χ0v) is 11.2. The molecule has 0 amide bonds. The summed E-state index contributed by atoms with van der Waals surface area (Å²) in [4.78, 5) is 27.3. The van der Waals surface area contributed by atoms with Crippen molar-refractivity contribution in [1.82, 2.24) is 19.9 Å². The van der Waals surface area contributed by atoms with E-state index in [-0.39, 0.29) is 6.61 Å². The van der Waals surface area contributed by atoms with Crippen molar-refractivity contribution in [2.24, 2.45) is 0 Å². The molecule has 0 fully saturated rings. The minimum Gasteiger partial charge on any atom is -0.467 e. The van der Waals surface area contributed by atoms with Gasteiger partial charge in [0, 0.05) is 0 Å². The molecule has 1 atom stereocenters. The van der Waals surface area contributed by atoms with Crippen LogP contribution in [0.2, 0.25) is 0 Å². The summed E-state index contributed by atoms with van der Waals surface area (Å²) >= 11 is 0. The van der Waals surface area contributed by atoms with Crippen LogP contribution in [0, 0.1) is 0 Å². The molecule has 8 nitrogen and oxygen atoms in total. The Kier molecular flexibility index (Phi) is 3.50. The highest BCUT2D eigenvalue weighted by Gasteiger charge is 2.26. The summed E-state index contributed by atoms with van der Waals surface area (Å²) in [5.41, 5.74) is 1.12. The SMILES string of the molecule is CCOC(=O)C(Nc1ncnc2[nH]cnc12)c1ccco1. The highest BCUT2D eigenvalue weighted by Crippen LogP contribution is 2.23. The third-order valence-electron chi connectivity index (χ3n) is 2.85. The number of fused-ring (bicyclic) bond motifs is 1. The highest BCUT2D eigenvalue weighted by molar-refractivity contribution is 5.86. The standard InChI is InChI=1S/C13H13N5O3/c1-2-20-13(19)9(8-4-3-5-21-8)18-12-10-11(15-6-14-10)16-7-17-12/h3-7,9H,2H2,1H3,(H2,14,15,16,17,18). The number of hydrogen-bond acceptors (Lipinski definition) is 7. The van der Waals surface area contributed by atoms with E-state index in [4.69, 9.17) is 9.15 Å². The van der Waals surface area contributed by atoms with E-state index in [9.17, 15) is 4.79 Å². The summed E-state index contributed by atoms with van der Waals surface area (Å²) in [7, 11) is 0. The fraction of sp³-hybridized carbons (Fsp3) is 0.231. The van der Waals surface area contributed by atoms with Crippen LogP contribution in [0.4, 0.5) is 5.82 Å². The van der Waals surface area contributed by atoms with Crippen LogP contribution < -0.4 is 5.32 Å². The van der Waals surface area contributed by atoms with Gasteiger partial charge in [-0.05, 0) is 19.1 Å². The lowest BCUT2D eigenvalue weighted by atomic mass is 10.2. The number of esters is 1. The summed E-state index contributed by atoms with van der Waals surface area (Å²) in [6.07, 6.45) is 4.39. The van der Waals surface area contributed by atoms with Gasteiger partial charge in [-0.2, -0.15) is 0 Å². The molecule has 0 aliphatic rings. The van der Waals surface area contributed by atoms with Crippen molar-refractivity contribution >= 4 is 23.0 Å². The number of carbonyl (C=O) groups excluding carboxylic acids is 1. The molecule has 8 heteroatoms. The normalized spacial score (nSPS) is 12.2. The zero-order valence-electron chi connectivity index (χ0n) is 11.2. The molecule has 0 bridgehead atoms. The molecule has 0 radical (unpaired) electrons. The predicted octanol–water partition coefficient (Wildman–Crippen LogP) is 1.66. The maximum Gasteiger partial charge on any atom is 0.336 e. The largest absolute Gasteiger partial charge is 0.467 e. The molecule has 0 spiro atoms. The smallest absolute Gasteiger partial charge is 0.336 e. The molecule has 3 heterocycles. The van der Waals surface area contributed by atoms with E-state index >= 15 is 0 Å². The molecule has 2 N–H and O–H groups in total. The lowest BCUT2D eigenvalue weighted by molar-refractivity contribution is -0.144. The van der Waals surface area contributed by atoms with E-state index in [1.54, 1.807) is 19.1 Å². The molecule has 0 aliphatic heterocycles. The number of aromatic nitrogens is 4. The average molecular weight is 287 g/mol. The highest BCUT2D eigenvalue weighted by atomic mass is 16.5. The van der Waals surface area contributed by atoms with Crippen molar-refractivity contribution < 1.29 is 13.9 Å². The molecule has 3 aromatic rings. The maximum atomic E-state index is 12.1. The van der Waals surface area contributed by atoms with Crippen LogP contribution in [0.3, 0.4) is 0 Å². The summed E-state index contributed by atoms with van der Waals surface area (Å²) in [5, 5.41) is 2.99. The minimum atomic E-state index is -0.797. The minimum absolute atomic E-state index is 0.277. The first kappa shape index (κ1) is 13.1. The van der Waals surface area contributed by atoms with Crippen molar-refractivity contribution in [2.45, 2.75) is 13.0 Å². The second-order valence-electron chi connectivity index (χ2n) is 4.17. The van der Waals surface area contributed by atoms with E-state index in [0.717, 1.165) is 0 Å². The lowest BCUT2D eigenvalue weighted by Crippen LogP contribution is -2.23. The number of furan rings is 1. The third-order valence-corrected chi connectivity index (χ3v) is 2.85. The van der Waals surface area contributed by atoms with Crippen molar-refractivity contribution in [1.29, 1.82) is 0 Å². The van der Waals surface area contributed by atoms with Crippen LogP contribution >= 0.6 is 0 Å². The monoisotopic (exact) mass is 287 g/mol. The Bertz CT molecular complexity index is 737. The van der Waals surface area contributed by atoms with Crippen molar-refractivity contribution in [3.63, 3.8) is 0 Å². The molecule has 0 saturated heterocycles. The molecule has 21 heavy (non-hydrogen) atoms. The second kappa shape index (κ2) is 5.61. The maximum absolute atomic E-state index is 12.1.